The fourth-order valence-electron chi connectivity index (χ4n) is 4.50. The Balaban J connectivity index is 2.02. The quantitative estimate of drug-likeness (QED) is 0.143. The first kappa shape index (κ1) is 26.2. The summed E-state index contributed by atoms with van der Waals surface area (Å²) in [5.41, 5.74) is 0. The molecule has 0 fully saturated rings. The molecule has 0 atom stereocenters. The standard InChI is InChI=1S/C27H53N2/c1-4-7-9-11-12-13-14-15-16-17-18-20-22-24-29-26-25-28(27(29)6-3)23-21-19-10-8-5-2/h25-26H,4-24H2,1-3H3/q+1. The van der Waals surface area contributed by atoms with Gasteiger partial charge in [0.15, 0.2) is 0 Å². The van der Waals surface area contributed by atoms with Gasteiger partial charge in [-0.15, -0.1) is 0 Å². The molecule has 1 aromatic rings. The molecule has 0 aromatic carbocycles. The van der Waals surface area contributed by atoms with E-state index in [2.05, 4.69) is 42.3 Å². The van der Waals surface area contributed by atoms with E-state index in [9.17, 15) is 0 Å². The van der Waals surface area contributed by atoms with E-state index in [-0.39, 0.29) is 0 Å². The molecule has 1 aromatic heterocycles. The van der Waals surface area contributed by atoms with Crippen molar-refractivity contribution in [2.45, 2.75) is 156 Å². The molecule has 170 valence electrons. The summed E-state index contributed by atoms with van der Waals surface area (Å²) < 4.78 is 5.03. The van der Waals surface area contributed by atoms with Crippen molar-refractivity contribution in [3.63, 3.8) is 0 Å². The second kappa shape index (κ2) is 19.2. The number of aromatic nitrogens is 2. The van der Waals surface area contributed by atoms with Crippen LogP contribution in [0.1, 0.15) is 142 Å². The minimum atomic E-state index is 1.15. The highest BCUT2D eigenvalue weighted by Gasteiger charge is 2.14. The lowest BCUT2D eigenvalue weighted by molar-refractivity contribution is -0.704. The van der Waals surface area contributed by atoms with Gasteiger partial charge in [-0.2, -0.15) is 0 Å². The van der Waals surface area contributed by atoms with Crippen molar-refractivity contribution in [2.24, 2.45) is 0 Å². The van der Waals surface area contributed by atoms with Crippen molar-refractivity contribution < 1.29 is 4.57 Å². The topological polar surface area (TPSA) is 8.81 Å². The average Bonchev–Trinajstić information content (AvgIpc) is 3.13. The van der Waals surface area contributed by atoms with Crippen LogP contribution in [0.2, 0.25) is 0 Å². The Labute approximate surface area is 183 Å². The first-order valence-corrected chi connectivity index (χ1v) is 13.4. The number of hydrogen-bond donors (Lipinski definition) is 0. The van der Waals surface area contributed by atoms with Crippen LogP contribution in [0.25, 0.3) is 0 Å². The Hall–Kier alpha value is -0.790. The predicted octanol–water partition coefficient (Wildman–Crippen LogP) is 8.40. The maximum Gasteiger partial charge on any atom is 0.256 e. The minimum Gasteiger partial charge on any atom is -0.234 e. The summed E-state index contributed by atoms with van der Waals surface area (Å²) >= 11 is 0. The van der Waals surface area contributed by atoms with Crippen LogP contribution in [0, 0.1) is 0 Å². The molecule has 0 bridgehead atoms. The van der Waals surface area contributed by atoms with Crippen LogP contribution in [0.15, 0.2) is 12.4 Å². The third-order valence-electron chi connectivity index (χ3n) is 6.41. The van der Waals surface area contributed by atoms with Gasteiger partial charge < -0.3 is 0 Å². The van der Waals surface area contributed by atoms with Crippen LogP contribution in [0.5, 0.6) is 0 Å². The molecule has 0 aliphatic heterocycles. The van der Waals surface area contributed by atoms with Crippen molar-refractivity contribution in [2.75, 3.05) is 0 Å². The second-order valence-electron chi connectivity index (χ2n) is 9.11. The van der Waals surface area contributed by atoms with E-state index in [4.69, 9.17) is 0 Å². The van der Waals surface area contributed by atoms with E-state index in [1.54, 1.807) is 0 Å². The highest BCUT2D eigenvalue weighted by Crippen LogP contribution is 2.12. The zero-order chi connectivity index (χ0) is 21.0. The molecule has 0 N–H and O–H groups in total. The fourth-order valence-corrected chi connectivity index (χ4v) is 4.50. The van der Waals surface area contributed by atoms with Crippen LogP contribution in [0.3, 0.4) is 0 Å². The maximum absolute atomic E-state index is 2.52. The second-order valence-corrected chi connectivity index (χ2v) is 9.11. The number of nitrogens with zero attached hydrogens (tertiary/aromatic N) is 2. The van der Waals surface area contributed by atoms with E-state index in [1.807, 2.05) is 0 Å². The molecule has 2 nitrogen and oxygen atoms in total. The van der Waals surface area contributed by atoms with E-state index in [1.165, 1.54) is 134 Å². The van der Waals surface area contributed by atoms with Crippen LogP contribution < -0.4 is 4.57 Å². The highest BCUT2D eigenvalue weighted by atomic mass is 15.1. The molecule has 0 saturated heterocycles. The molecule has 0 aliphatic carbocycles. The lowest BCUT2D eigenvalue weighted by Crippen LogP contribution is -2.37. The molecule has 0 unspecified atom stereocenters. The third-order valence-corrected chi connectivity index (χ3v) is 6.41. The molecule has 1 heterocycles. The van der Waals surface area contributed by atoms with Gasteiger partial charge in [0.1, 0.15) is 12.4 Å². The SMILES string of the molecule is CCCCCCCCCCCCCCC[n+]1ccn(CCCCCCC)c1CC. The Morgan fingerprint density at radius 1 is 0.586 bits per heavy atom. The van der Waals surface area contributed by atoms with Gasteiger partial charge in [0.25, 0.3) is 5.82 Å². The molecule has 0 aliphatic rings. The van der Waals surface area contributed by atoms with Gasteiger partial charge in [-0.3, -0.25) is 0 Å². The molecule has 2 heteroatoms. The van der Waals surface area contributed by atoms with Gasteiger partial charge in [0.05, 0.1) is 13.1 Å². The normalized spacial score (nSPS) is 11.4. The first-order chi connectivity index (χ1) is 14.3. The largest absolute Gasteiger partial charge is 0.256 e. The molecule has 0 amide bonds. The molecule has 0 spiro atoms. The molecule has 1 rings (SSSR count). The Kier molecular flexibility index (Phi) is 17.4. The number of aryl methyl sites for hydroxylation is 2. The summed E-state index contributed by atoms with van der Waals surface area (Å²) in [5.74, 6) is 1.53. The number of hydrogen-bond acceptors (Lipinski definition) is 0. The van der Waals surface area contributed by atoms with E-state index in [0.717, 1.165) is 6.42 Å². The van der Waals surface area contributed by atoms with Crippen LogP contribution >= 0.6 is 0 Å². The maximum atomic E-state index is 2.52. The summed E-state index contributed by atoms with van der Waals surface area (Å²) in [6, 6.07) is 0. The summed E-state index contributed by atoms with van der Waals surface area (Å²) in [6.45, 7) is 9.32. The molecular formula is C27H53N2+. The molecule has 0 saturated carbocycles. The Morgan fingerprint density at radius 3 is 1.52 bits per heavy atom. The summed E-state index contributed by atoms with van der Waals surface area (Å²) in [4.78, 5) is 0. The number of unbranched alkanes of at least 4 members (excludes halogenated alkanes) is 16. The fraction of sp³-hybridized carbons (Fsp3) is 0.889. The Morgan fingerprint density at radius 2 is 1.03 bits per heavy atom. The van der Waals surface area contributed by atoms with E-state index >= 15 is 0 Å². The van der Waals surface area contributed by atoms with Crippen LogP contribution in [0.4, 0.5) is 0 Å². The average molecular weight is 406 g/mol. The Bertz CT molecular complexity index is 463. The highest BCUT2D eigenvalue weighted by molar-refractivity contribution is 4.83. The van der Waals surface area contributed by atoms with Gasteiger partial charge in [0, 0.05) is 6.42 Å². The lowest BCUT2D eigenvalue weighted by atomic mass is 10.0. The van der Waals surface area contributed by atoms with Crippen molar-refractivity contribution in [3.8, 4) is 0 Å². The van der Waals surface area contributed by atoms with Crippen molar-refractivity contribution in [1.29, 1.82) is 0 Å². The van der Waals surface area contributed by atoms with Crippen molar-refractivity contribution in [1.82, 2.24) is 4.57 Å². The summed E-state index contributed by atoms with van der Waals surface area (Å²) in [5, 5.41) is 0. The van der Waals surface area contributed by atoms with Gasteiger partial charge in [-0.1, -0.05) is 111 Å². The number of imidazole rings is 1. The van der Waals surface area contributed by atoms with Gasteiger partial charge in [0.2, 0.25) is 0 Å². The summed E-state index contributed by atoms with van der Waals surface area (Å²) in [6.07, 6.45) is 31.3. The van der Waals surface area contributed by atoms with Gasteiger partial charge >= 0.3 is 0 Å². The molecular weight excluding hydrogens is 352 g/mol. The lowest BCUT2D eigenvalue weighted by Gasteiger charge is -2.05. The van der Waals surface area contributed by atoms with E-state index in [0.29, 0.717) is 0 Å². The smallest absolute Gasteiger partial charge is 0.234 e. The van der Waals surface area contributed by atoms with Crippen LogP contribution in [-0.2, 0) is 19.5 Å². The monoisotopic (exact) mass is 405 g/mol. The minimum absolute atomic E-state index is 1.15. The first-order valence-electron chi connectivity index (χ1n) is 13.4. The zero-order valence-electron chi connectivity index (χ0n) is 20.4. The van der Waals surface area contributed by atoms with Crippen LogP contribution in [-0.4, -0.2) is 4.57 Å². The van der Waals surface area contributed by atoms with Gasteiger partial charge in [-0.05, 0) is 25.7 Å². The van der Waals surface area contributed by atoms with Crippen molar-refractivity contribution in [3.05, 3.63) is 18.2 Å². The van der Waals surface area contributed by atoms with E-state index < -0.39 is 0 Å². The predicted molar refractivity (Wildman–Crippen MR) is 128 cm³/mol. The third kappa shape index (κ3) is 13.2. The van der Waals surface area contributed by atoms with Gasteiger partial charge in [-0.25, -0.2) is 9.13 Å². The molecule has 0 radical (unpaired) electrons. The zero-order valence-corrected chi connectivity index (χ0v) is 20.4. The number of rotatable bonds is 21. The summed E-state index contributed by atoms with van der Waals surface area (Å²) in [7, 11) is 0. The molecule has 29 heavy (non-hydrogen) atoms. The van der Waals surface area contributed by atoms with Crippen molar-refractivity contribution >= 4 is 0 Å².